The molecule has 1 heterocycles. The number of hydrogen-bond acceptors (Lipinski definition) is 4. The Balaban J connectivity index is 2.82. The van der Waals surface area contributed by atoms with Crippen molar-refractivity contribution in [2.45, 2.75) is 56.7 Å². The second kappa shape index (κ2) is 7.80. The van der Waals surface area contributed by atoms with Crippen LogP contribution in [0.3, 0.4) is 0 Å². The fourth-order valence-corrected chi connectivity index (χ4v) is 5.02. The number of carboxylic acids is 1. The van der Waals surface area contributed by atoms with Crippen molar-refractivity contribution >= 4 is 27.9 Å². The molecule has 1 aliphatic rings. The molecule has 0 radical (unpaired) electrons. The van der Waals surface area contributed by atoms with Gasteiger partial charge < -0.3 is 5.11 Å². The molecule has 0 amide bonds. The molecule has 0 saturated carbocycles. The number of hydrogen-bond donors (Lipinski definition) is 2. The Morgan fingerprint density at radius 1 is 1.38 bits per heavy atom. The topological polar surface area (TPSA) is 86.7 Å². The number of nitrogens with zero attached hydrogens (tertiary/aromatic N) is 1. The molecule has 1 saturated heterocycles. The first-order valence-corrected chi connectivity index (χ1v) is 10.0. The summed E-state index contributed by atoms with van der Waals surface area (Å²) >= 11 is 1.65. The fraction of sp³-hybridized carbons (Fsp3) is 0.923. The molecule has 0 aromatic carbocycles. The highest BCUT2D eigenvalue weighted by Crippen LogP contribution is 2.30. The molecule has 0 spiro atoms. The zero-order chi connectivity index (χ0) is 16.1. The van der Waals surface area contributed by atoms with Crippen molar-refractivity contribution in [3.63, 3.8) is 0 Å². The lowest BCUT2D eigenvalue weighted by Crippen LogP contribution is -2.54. The SMILES string of the molecule is CCC(CC)(CNS(=O)(=O)N1CCCCC1C(=O)O)SC. The number of rotatable bonds is 8. The predicted octanol–water partition coefficient (Wildman–Crippen LogP) is 1.68. The monoisotopic (exact) mass is 338 g/mol. The van der Waals surface area contributed by atoms with Gasteiger partial charge in [-0.3, -0.25) is 4.79 Å². The summed E-state index contributed by atoms with van der Waals surface area (Å²) in [7, 11) is -3.75. The first kappa shape index (κ1) is 18.7. The zero-order valence-corrected chi connectivity index (χ0v) is 14.6. The second-order valence-electron chi connectivity index (χ2n) is 5.38. The number of carbonyl (C=O) groups is 1. The molecule has 8 heteroatoms. The molecule has 21 heavy (non-hydrogen) atoms. The van der Waals surface area contributed by atoms with E-state index in [9.17, 15) is 18.3 Å². The van der Waals surface area contributed by atoms with Gasteiger partial charge in [-0.05, 0) is 38.4 Å². The van der Waals surface area contributed by atoms with Crippen LogP contribution >= 0.6 is 11.8 Å². The molecule has 0 aromatic heterocycles. The van der Waals surface area contributed by atoms with Gasteiger partial charge in [0.05, 0.1) is 0 Å². The fourth-order valence-electron chi connectivity index (χ4n) is 2.61. The Hall–Kier alpha value is -0.310. The number of carboxylic acid groups (broad SMARTS) is 1. The third kappa shape index (κ3) is 4.58. The number of piperidine rings is 1. The predicted molar refractivity (Wildman–Crippen MR) is 85.7 cm³/mol. The van der Waals surface area contributed by atoms with Crippen LogP contribution in [0.1, 0.15) is 46.0 Å². The van der Waals surface area contributed by atoms with Crippen LogP contribution < -0.4 is 4.72 Å². The maximum absolute atomic E-state index is 12.4. The van der Waals surface area contributed by atoms with Crippen LogP contribution in [0.2, 0.25) is 0 Å². The first-order valence-electron chi connectivity index (χ1n) is 7.36. The molecule has 0 aromatic rings. The van der Waals surface area contributed by atoms with Crippen LogP contribution in [-0.2, 0) is 15.0 Å². The lowest BCUT2D eigenvalue weighted by molar-refractivity contribution is -0.142. The third-order valence-corrected chi connectivity index (χ3v) is 7.50. The van der Waals surface area contributed by atoms with E-state index in [1.807, 2.05) is 20.1 Å². The third-order valence-electron chi connectivity index (χ3n) is 4.35. The molecule has 1 fully saturated rings. The van der Waals surface area contributed by atoms with Gasteiger partial charge in [0, 0.05) is 17.8 Å². The highest BCUT2D eigenvalue weighted by atomic mass is 32.2. The molecule has 1 aliphatic heterocycles. The molecular weight excluding hydrogens is 312 g/mol. The Kier molecular flexibility index (Phi) is 6.96. The van der Waals surface area contributed by atoms with Gasteiger partial charge in [0.25, 0.3) is 10.2 Å². The van der Waals surface area contributed by atoms with Gasteiger partial charge in [-0.1, -0.05) is 13.8 Å². The van der Waals surface area contributed by atoms with Gasteiger partial charge in [0.1, 0.15) is 6.04 Å². The molecule has 1 atom stereocenters. The molecule has 0 aliphatic carbocycles. The van der Waals surface area contributed by atoms with Crippen molar-refractivity contribution < 1.29 is 18.3 Å². The average molecular weight is 338 g/mol. The van der Waals surface area contributed by atoms with Crippen LogP contribution in [0.15, 0.2) is 0 Å². The normalized spacial score (nSPS) is 21.4. The van der Waals surface area contributed by atoms with E-state index in [1.54, 1.807) is 11.8 Å². The van der Waals surface area contributed by atoms with E-state index in [4.69, 9.17) is 0 Å². The summed E-state index contributed by atoms with van der Waals surface area (Å²) < 4.78 is 28.5. The van der Waals surface area contributed by atoms with Crippen molar-refractivity contribution in [1.82, 2.24) is 9.03 Å². The number of aliphatic carboxylic acids is 1. The summed E-state index contributed by atoms with van der Waals surface area (Å²) in [5.41, 5.74) is 0. The quantitative estimate of drug-likeness (QED) is 0.703. The van der Waals surface area contributed by atoms with Crippen LogP contribution in [0, 0.1) is 0 Å². The van der Waals surface area contributed by atoms with Gasteiger partial charge in [-0.15, -0.1) is 0 Å². The maximum atomic E-state index is 12.4. The van der Waals surface area contributed by atoms with E-state index in [2.05, 4.69) is 4.72 Å². The van der Waals surface area contributed by atoms with Gasteiger partial charge in [-0.25, -0.2) is 4.72 Å². The Morgan fingerprint density at radius 2 is 2.00 bits per heavy atom. The lowest BCUT2D eigenvalue weighted by Gasteiger charge is -2.34. The summed E-state index contributed by atoms with van der Waals surface area (Å²) in [5, 5.41) is 9.20. The molecular formula is C13H26N2O4S2. The van der Waals surface area contributed by atoms with Crippen molar-refractivity contribution in [2.24, 2.45) is 0 Å². The van der Waals surface area contributed by atoms with E-state index in [0.29, 0.717) is 19.4 Å². The zero-order valence-electron chi connectivity index (χ0n) is 13.0. The molecule has 2 N–H and O–H groups in total. The van der Waals surface area contributed by atoms with E-state index in [1.165, 1.54) is 0 Å². The highest BCUT2D eigenvalue weighted by molar-refractivity contribution is 8.00. The van der Waals surface area contributed by atoms with Crippen molar-refractivity contribution in [3.05, 3.63) is 0 Å². The minimum atomic E-state index is -3.75. The van der Waals surface area contributed by atoms with Crippen molar-refractivity contribution in [1.29, 1.82) is 0 Å². The number of thioether (sulfide) groups is 1. The molecule has 1 unspecified atom stereocenters. The largest absolute Gasteiger partial charge is 0.480 e. The summed E-state index contributed by atoms with van der Waals surface area (Å²) in [6.45, 7) is 4.67. The van der Waals surface area contributed by atoms with Gasteiger partial charge in [0.15, 0.2) is 0 Å². The minimum absolute atomic E-state index is 0.137. The van der Waals surface area contributed by atoms with Gasteiger partial charge in [-0.2, -0.15) is 24.5 Å². The van der Waals surface area contributed by atoms with Gasteiger partial charge in [0.2, 0.25) is 0 Å². The Morgan fingerprint density at radius 3 is 2.48 bits per heavy atom. The highest BCUT2D eigenvalue weighted by Gasteiger charge is 2.38. The summed E-state index contributed by atoms with van der Waals surface area (Å²) in [6, 6.07) is -0.941. The van der Waals surface area contributed by atoms with Crippen molar-refractivity contribution in [3.8, 4) is 0 Å². The lowest BCUT2D eigenvalue weighted by atomic mass is 10.0. The van der Waals surface area contributed by atoms with E-state index >= 15 is 0 Å². The summed E-state index contributed by atoms with van der Waals surface area (Å²) in [4.78, 5) is 11.2. The average Bonchev–Trinajstić information content (AvgIpc) is 2.49. The minimum Gasteiger partial charge on any atom is -0.480 e. The molecule has 0 bridgehead atoms. The summed E-state index contributed by atoms with van der Waals surface area (Å²) in [5.74, 6) is -1.07. The van der Waals surface area contributed by atoms with Crippen molar-refractivity contribution in [2.75, 3.05) is 19.3 Å². The molecule has 124 valence electrons. The molecule has 1 rings (SSSR count). The van der Waals surface area contributed by atoms with Crippen LogP contribution in [0.25, 0.3) is 0 Å². The van der Waals surface area contributed by atoms with Gasteiger partial charge >= 0.3 is 5.97 Å². The number of nitrogens with one attached hydrogen (secondary N) is 1. The van der Waals surface area contributed by atoms with Crippen LogP contribution in [0.5, 0.6) is 0 Å². The van der Waals surface area contributed by atoms with Crippen LogP contribution in [-0.4, -0.2) is 53.9 Å². The maximum Gasteiger partial charge on any atom is 0.322 e. The first-order chi connectivity index (χ1) is 9.82. The Labute approximate surface area is 131 Å². The second-order valence-corrected chi connectivity index (χ2v) is 8.36. The smallest absolute Gasteiger partial charge is 0.322 e. The van der Waals surface area contributed by atoms with E-state index < -0.39 is 22.2 Å². The molecule has 6 nitrogen and oxygen atoms in total. The van der Waals surface area contributed by atoms with Crippen LogP contribution in [0.4, 0.5) is 0 Å². The summed E-state index contributed by atoms with van der Waals surface area (Å²) in [6.07, 6.45) is 5.53. The van der Waals surface area contributed by atoms with E-state index in [0.717, 1.165) is 23.6 Å². The van der Waals surface area contributed by atoms with E-state index in [-0.39, 0.29) is 11.3 Å². The standard InChI is InChI=1S/C13H26N2O4S2/c1-4-13(5-2,20-3)10-14-21(18,19)15-9-7-6-8-11(15)12(16)17/h11,14H,4-10H2,1-3H3,(H,16,17). The Bertz CT molecular complexity index is 441.